The Kier molecular flexibility index (Phi) is 6.41. The predicted octanol–water partition coefficient (Wildman–Crippen LogP) is 1.59. The van der Waals surface area contributed by atoms with E-state index in [0.717, 1.165) is 18.5 Å². The van der Waals surface area contributed by atoms with E-state index in [4.69, 9.17) is 0 Å². The van der Waals surface area contributed by atoms with Crippen molar-refractivity contribution in [3.8, 4) is 0 Å². The maximum Gasteiger partial charge on any atom is 0.214 e. The monoisotopic (exact) mass is 288 g/mol. The third-order valence-corrected chi connectivity index (χ3v) is 4.76. The van der Waals surface area contributed by atoms with Gasteiger partial charge in [-0.2, -0.15) is 0 Å². The lowest BCUT2D eigenvalue weighted by Gasteiger charge is -2.17. The second-order valence-electron chi connectivity index (χ2n) is 4.51. The van der Waals surface area contributed by atoms with Crippen LogP contribution in [0.25, 0.3) is 0 Å². The normalized spacial score (nSPS) is 12.0. The molecular weight excluding hydrogens is 267 g/mol. The van der Waals surface area contributed by atoms with Gasteiger partial charge in [-0.3, -0.25) is 0 Å². The number of hydrogen-bond acceptors (Lipinski definition) is 3. The van der Waals surface area contributed by atoms with Crippen molar-refractivity contribution in [3.63, 3.8) is 0 Å². The fourth-order valence-electron chi connectivity index (χ4n) is 1.69. The zero-order valence-electron chi connectivity index (χ0n) is 11.4. The molecule has 0 saturated carbocycles. The molecule has 0 atom stereocenters. The molecule has 1 rings (SSSR count). The van der Waals surface area contributed by atoms with E-state index < -0.39 is 10.0 Å². The second kappa shape index (κ2) is 7.57. The standard InChI is InChI=1S/C13H21FN2O2S/c1-15-9-3-4-10-19(17,18)16(2)11-12-5-7-13(14)8-6-12/h5-8,15H,3-4,9-11H2,1-2H3. The molecule has 108 valence electrons. The molecule has 4 nitrogen and oxygen atoms in total. The van der Waals surface area contributed by atoms with E-state index in [9.17, 15) is 12.8 Å². The van der Waals surface area contributed by atoms with E-state index in [1.54, 1.807) is 19.2 Å². The van der Waals surface area contributed by atoms with Crippen molar-refractivity contribution in [1.29, 1.82) is 0 Å². The minimum Gasteiger partial charge on any atom is -0.320 e. The summed E-state index contributed by atoms with van der Waals surface area (Å²) in [4.78, 5) is 0. The Hall–Kier alpha value is -0.980. The van der Waals surface area contributed by atoms with Gasteiger partial charge in [0.15, 0.2) is 0 Å². The summed E-state index contributed by atoms with van der Waals surface area (Å²) in [5, 5.41) is 2.98. The molecule has 6 heteroatoms. The van der Waals surface area contributed by atoms with Gasteiger partial charge in [0.05, 0.1) is 5.75 Å². The van der Waals surface area contributed by atoms with Gasteiger partial charge in [-0.1, -0.05) is 12.1 Å². The molecule has 0 saturated heterocycles. The lowest BCUT2D eigenvalue weighted by Crippen LogP contribution is -2.29. The molecule has 0 radical (unpaired) electrons. The van der Waals surface area contributed by atoms with E-state index in [0.29, 0.717) is 6.42 Å². The number of nitrogens with one attached hydrogen (secondary N) is 1. The van der Waals surface area contributed by atoms with Crippen molar-refractivity contribution in [1.82, 2.24) is 9.62 Å². The first-order chi connectivity index (χ1) is 8.95. The lowest BCUT2D eigenvalue weighted by molar-refractivity contribution is 0.464. The summed E-state index contributed by atoms with van der Waals surface area (Å²) in [7, 11) is 0.158. The summed E-state index contributed by atoms with van der Waals surface area (Å²) in [6.07, 6.45) is 1.47. The molecule has 19 heavy (non-hydrogen) atoms. The van der Waals surface area contributed by atoms with E-state index in [1.165, 1.54) is 16.4 Å². The van der Waals surface area contributed by atoms with Gasteiger partial charge in [-0.05, 0) is 44.1 Å². The smallest absolute Gasteiger partial charge is 0.214 e. The molecule has 1 aromatic rings. The van der Waals surface area contributed by atoms with Crippen LogP contribution in [-0.4, -0.2) is 39.1 Å². The number of unbranched alkanes of at least 4 members (excludes halogenated alkanes) is 1. The van der Waals surface area contributed by atoms with Crippen LogP contribution in [0, 0.1) is 5.82 Å². The molecule has 0 aliphatic rings. The maximum atomic E-state index is 12.8. The molecule has 0 heterocycles. The molecule has 0 aliphatic carbocycles. The van der Waals surface area contributed by atoms with Gasteiger partial charge in [0, 0.05) is 13.6 Å². The van der Waals surface area contributed by atoms with Gasteiger partial charge < -0.3 is 5.32 Å². The summed E-state index contributed by atoms with van der Waals surface area (Å²) >= 11 is 0. The van der Waals surface area contributed by atoms with Crippen LogP contribution in [0.4, 0.5) is 4.39 Å². The van der Waals surface area contributed by atoms with Gasteiger partial charge in [0.2, 0.25) is 10.0 Å². The molecule has 0 amide bonds. The Morgan fingerprint density at radius 2 is 1.84 bits per heavy atom. The zero-order valence-corrected chi connectivity index (χ0v) is 12.2. The van der Waals surface area contributed by atoms with Crippen molar-refractivity contribution >= 4 is 10.0 Å². The topological polar surface area (TPSA) is 49.4 Å². The summed E-state index contributed by atoms with van der Waals surface area (Å²) < 4.78 is 38.1. The number of sulfonamides is 1. The van der Waals surface area contributed by atoms with Crippen LogP contribution in [0.5, 0.6) is 0 Å². The highest BCUT2D eigenvalue weighted by Crippen LogP contribution is 2.10. The van der Waals surface area contributed by atoms with Crippen LogP contribution < -0.4 is 5.32 Å². The SMILES string of the molecule is CNCCCCS(=O)(=O)N(C)Cc1ccc(F)cc1. The minimum atomic E-state index is -3.24. The summed E-state index contributed by atoms with van der Waals surface area (Å²) in [6.45, 7) is 1.09. The average molecular weight is 288 g/mol. The van der Waals surface area contributed by atoms with Crippen LogP contribution in [0.3, 0.4) is 0 Å². The number of rotatable bonds is 8. The summed E-state index contributed by atoms with van der Waals surface area (Å²) in [5.41, 5.74) is 0.780. The first-order valence-electron chi connectivity index (χ1n) is 6.29. The second-order valence-corrected chi connectivity index (χ2v) is 6.70. The number of nitrogens with zero attached hydrogens (tertiary/aromatic N) is 1. The molecule has 0 bridgehead atoms. The molecule has 0 unspecified atom stereocenters. The molecule has 0 spiro atoms. The van der Waals surface area contributed by atoms with Gasteiger partial charge in [-0.15, -0.1) is 0 Å². The van der Waals surface area contributed by atoms with Gasteiger partial charge in [0.25, 0.3) is 0 Å². The minimum absolute atomic E-state index is 0.145. The molecular formula is C13H21FN2O2S. The van der Waals surface area contributed by atoms with Crippen molar-refractivity contribution in [3.05, 3.63) is 35.6 Å². The number of halogens is 1. The molecule has 0 fully saturated rings. The van der Waals surface area contributed by atoms with Gasteiger partial charge >= 0.3 is 0 Å². The highest BCUT2D eigenvalue weighted by atomic mass is 32.2. The van der Waals surface area contributed by atoms with E-state index >= 15 is 0 Å². The van der Waals surface area contributed by atoms with E-state index in [1.807, 2.05) is 7.05 Å². The molecule has 0 aliphatic heterocycles. The average Bonchev–Trinajstić information content (AvgIpc) is 2.37. The van der Waals surface area contributed by atoms with Crippen LogP contribution in [0.1, 0.15) is 18.4 Å². The van der Waals surface area contributed by atoms with Crippen molar-refractivity contribution in [2.24, 2.45) is 0 Å². The molecule has 1 aromatic carbocycles. The van der Waals surface area contributed by atoms with Crippen LogP contribution in [-0.2, 0) is 16.6 Å². The van der Waals surface area contributed by atoms with Crippen LogP contribution >= 0.6 is 0 Å². The zero-order chi connectivity index (χ0) is 14.3. The lowest BCUT2D eigenvalue weighted by atomic mass is 10.2. The number of benzene rings is 1. The number of hydrogen-bond donors (Lipinski definition) is 1. The molecule has 1 N–H and O–H groups in total. The Bertz CT molecular complexity index is 474. The first kappa shape index (κ1) is 16.1. The Labute approximate surface area is 114 Å². The highest BCUT2D eigenvalue weighted by Gasteiger charge is 2.17. The van der Waals surface area contributed by atoms with Crippen molar-refractivity contribution < 1.29 is 12.8 Å². The summed E-state index contributed by atoms with van der Waals surface area (Å²) in [6, 6.07) is 5.87. The van der Waals surface area contributed by atoms with Crippen LogP contribution in [0.15, 0.2) is 24.3 Å². The first-order valence-corrected chi connectivity index (χ1v) is 7.89. The fourth-order valence-corrected chi connectivity index (χ4v) is 2.91. The fraction of sp³-hybridized carbons (Fsp3) is 0.538. The Morgan fingerprint density at radius 1 is 1.21 bits per heavy atom. The quantitative estimate of drug-likeness (QED) is 0.739. The highest BCUT2D eigenvalue weighted by molar-refractivity contribution is 7.89. The van der Waals surface area contributed by atoms with Gasteiger partial charge in [-0.25, -0.2) is 17.1 Å². The largest absolute Gasteiger partial charge is 0.320 e. The van der Waals surface area contributed by atoms with Crippen molar-refractivity contribution in [2.45, 2.75) is 19.4 Å². The predicted molar refractivity (Wildman–Crippen MR) is 74.8 cm³/mol. The third-order valence-electron chi connectivity index (χ3n) is 2.87. The van der Waals surface area contributed by atoms with Crippen LogP contribution in [0.2, 0.25) is 0 Å². The Morgan fingerprint density at radius 3 is 2.42 bits per heavy atom. The Balaban J connectivity index is 2.51. The third kappa shape index (κ3) is 5.67. The van der Waals surface area contributed by atoms with E-state index in [-0.39, 0.29) is 18.1 Å². The summed E-state index contributed by atoms with van der Waals surface area (Å²) in [5.74, 6) is -0.173. The maximum absolute atomic E-state index is 12.8. The van der Waals surface area contributed by atoms with Crippen molar-refractivity contribution in [2.75, 3.05) is 26.4 Å². The van der Waals surface area contributed by atoms with Gasteiger partial charge in [0.1, 0.15) is 5.82 Å². The van der Waals surface area contributed by atoms with E-state index in [2.05, 4.69) is 5.32 Å². The molecule has 0 aromatic heterocycles.